The van der Waals surface area contributed by atoms with Crippen LogP contribution in [0.25, 0.3) is 15.9 Å². The van der Waals surface area contributed by atoms with Crippen LogP contribution in [0, 0.1) is 6.57 Å². The zero-order chi connectivity index (χ0) is 15.6. The number of carbonyl (C=O) groups is 1. The highest BCUT2D eigenvalue weighted by atomic mass is 28.4. The Kier molecular flexibility index (Phi) is 4.11. The summed E-state index contributed by atoms with van der Waals surface area (Å²) >= 11 is 0. The lowest BCUT2D eigenvalue weighted by atomic mass is 10.1. The van der Waals surface area contributed by atoms with E-state index in [0.29, 0.717) is 16.6 Å². The van der Waals surface area contributed by atoms with Gasteiger partial charge in [0, 0.05) is 11.6 Å². The molecule has 0 spiro atoms. The number of hydrogen-bond donors (Lipinski definition) is 1. The van der Waals surface area contributed by atoms with Crippen molar-refractivity contribution < 1.29 is 14.0 Å². The minimum Gasteiger partial charge on any atom is -0.464 e. The van der Waals surface area contributed by atoms with Gasteiger partial charge in [-0.3, -0.25) is 4.85 Å². The zero-order valence-electron chi connectivity index (χ0n) is 12.4. The Morgan fingerprint density at radius 1 is 1.48 bits per heavy atom. The number of nitrogens with zero attached hydrogens (tertiary/aromatic N) is 2. The molecule has 0 aromatic carbocycles. The number of nitrogens with one attached hydrogen (secondary N) is 1. The summed E-state index contributed by atoms with van der Waals surface area (Å²) in [6.07, 6.45) is 0.777. The number of rotatable bonds is 4. The molecule has 1 unspecified atom stereocenters. The van der Waals surface area contributed by atoms with Crippen LogP contribution >= 0.6 is 0 Å². The average Bonchev–Trinajstić information content (AvgIpc) is 2.82. The van der Waals surface area contributed by atoms with Crippen molar-refractivity contribution in [2.45, 2.75) is 25.9 Å². The maximum atomic E-state index is 12.0. The van der Waals surface area contributed by atoms with Gasteiger partial charge in [-0.05, 0) is 31.8 Å². The van der Waals surface area contributed by atoms with Crippen LogP contribution in [0.5, 0.6) is 0 Å². The van der Waals surface area contributed by atoms with Crippen LogP contribution < -0.4 is 0 Å². The molecule has 0 fully saturated rings. The van der Waals surface area contributed by atoms with Crippen molar-refractivity contribution in [1.82, 2.24) is 9.97 Å². The van der Waals surface area contributed by atoms with Crippen molar-refractivity contribution in [3.05, 3.63) is 41.0 Å². The van der Waals surface area contributed by atoms with Crippen molar-refractivity contribution >= 4 is 25.3 Å². The first-order chi connectivity index (χ1) is 9.87. The van der Waals surface area contributed by atoms with Gasteiger partial charge < -0.3 is 14.1 Å². The molecule has 0 saturated heterocycles. The Morgan fingerprint density at radius 3 is 2.76 bits per heavy atom. The summed E-state index contributed by atoms with van der Waals surface area (Å²) in [5.41, 5.74) is 1.27. The molecule has 0 aliphatic rings. The monoisotopic (exact) mass is 303 g/mol. The van der Waals surface area contributed by atoms with E-state index in [1.165, 1.54) is 7.11 Å². The number of ether oxygens (including phenoxy) is 1. The van der Waals surface area contributed by atoms with Gasteiger partial charge >= 0.3 is 12.2 Å². The number of hydrogen-bond acceptors (Lipinski definition) is 4. The van der Waals surface area contributed by atoms with Gasteiger partial charge in [0.25, 0.3) is 0 Å². The number of carbonyl (C=O) groups excluding carboxylic acids is 1. The molecule has 0 bridgehead atoms. The molecular formula is C14H17N3O3Si. The van der Waals surface area contributed by atoms with E-state index in [1.807, 2.05) is 25.7 Å². The summed E-state index contributed by atoms with van der Waals surface area (Å²) in [6, 6.07) is 3.57. The van der Waals surface area contributed by atoms with E-state index in [9.17, 15) is 4.79 Å². The Morgan fingerprint density at radius 2 is 2.19 bits per heavy atom. The molecule has 1 atom stereocenters. The maximum absolute atomic E-state index is 12.0. The molecule has 2 aromatic heterocycles. The Balaban J connectivity index is 2.64. The lowest BCUT2D eigenvalue weighted by Gasteiger charge is -2.18. The molecule has 110 valence electrons. The predicted octanol–water partition coefficient (Wildman–Crippen LogP) is 3.12. The zero-order valence-corrected chi connectivity index (χ0v) is 13.4. The van der Waals surface area contributed by atoms with Crippen LogP contribution in [0.2, 0.25) is 19.6 Å². The summed E-state index contributed by atoms with van der Waals surface area (Å²) < 4.78 is 10.7. The van der Waals surface area contributed by atoms with Crippen molar-refractivity contribution in [1.29, 1.82) is 0 Å². The fraction of sp³-hybridized carbons (Fsp3) is 0.357. The first-order valence-electron chi connectivity index (χ1n) is 6.46. The number of H-pyrrole nitrogens is 1. The van der Waals surface area contributed by atoms with E-state index in [2.05, 4.69) is 14.8 Å². The van der Waals surface area contributed by atoms with Crippen LogP contribution in [-0.4, -0.2) is 31.4 Å². The molecule has 0 amide bonds. The van der Waals surface area contributed by atoms with E-state index in [0.717, 1.165) is 0 Å². The highest BCUT2D eigenvalue weighted by Crippen LogP contribution is 2.32. The summed E-state index contributed by atoms with van der Waals surface area (Å²) in [5.74, 6) is -0.532. The lowest BCUT2D eigenvalue weighted by Crippen LogP contribution is -2.27. The normalized spacial score (nSPS) is 12.9. The summed E-state index contributed by atoms with van der Waals surface area (Å²) in [7, 11) is -0.650. The van der Waals surface area contributed by atoms with Gasteiger partial charge in [-0.25, -0.2) is 16.4 Å². The molecule has 2 aromatic rings. The number of aromatic amines is 1. The third kappa shape index (κ3) is 3.12. The number of pyridine rings is 1. The maximum Gasteiger partial charge on any atom is 0.355 e. The van der Waals surface area contributed by atoms with Crippen molar-refractivity contribution in [3.63, 3.8) is 0 Å². The van der Waals surface area contributed by atoms with E-state index < -0.39 is 20.5 Å². The van der Waals surface area contributed by atoms with Gasteiger partial charge in [0.15, 0.2) is 8.32 Å². The van der Waals surface area contributed by atoms with Crippen LogP contribution in [0.3, 0.4) is 0 Å². The molecule has 0 radical (unpaired) electrons. The van der Waals surface area contributed by atoms with Gasteiger partial charge in [-0.1, -0.05) is 0 Å². The van der Waals surface area contributed by atoms with Gasteiger partial charge in [-0.15, -0.1) is 0 Å². The summed E-state index contributed by atoms with van der Waals surface area (Å²) in [4.78, 5) is 22.6. The Bertz CT molecular complexity index is 712. The molecule has 6 nitrogen and oxygen atoms in total. The summed E-state index contributed by atoms with van der Waals surface area (Å²) in [5, 5.41) is 0.706. The Hall–Kier alpha value is -2.17. The van der Waals surface area contributed by atoms with Gasteiger partial charge in [0.05, 0.1) is 7.11 Å². The molecular weight excluding hydrogens is 286 g/mol. The fourth-order valence-electron chi connectivity index (χ4n) is 2.05. The van der Waals surface area contributed by atoms with Crippen LogP contribution in [0.15, 0.2) is 18.3 Å². The fourth-order valence-corrected chi connectivity index (χ4v) is 2.89. The molecule has 2 heterocycles. The lowest BCUT2D eigenvalue weighted by molar-refractivity contribution is 0.0590. The smallest absolute Gasteiger partial charge is 0.355 e. The van der Waals surface area contributed by atoms with E-state index in [1.54, 1.807) is 12.3 Å². The van der Waals surface area contributed by atoms with E-state index in [-0.39, 0.29) is 5.69 Å². The van der Waals surface area contributed by atoms with Gasteiger partial charge in [-0.2, -0.15) is 0 Å². The number of methoxy groups -OCH3 is 1. The van der Waals surface area contributed by atoms with E-state index >= 15 is 0 Å². The second kappa shape index (κ2) is 5.67. The number of fused-ring (bicyclic) bond motifs is 1. The first-order valence-corrected chi connectivity index (χ1v) is 9.87. The van der Waals surface area contributed by atoms with Crippen molar-refractivity contribution in [2.75, 3.05) is 7.11 Å². The number of esters is 1. The molecule has 21 heavy (non-hydrogen) atoms. The Labute approximate surface area is 124 Å². The summed E-state index contributed by atoms with van der Waals surface area (Å²) in [6.45, 7) is 13.4. The second-order valence-corrected chi connectivity index (χ2v) is 9.98. The average molecular weight is 303 g/mol. The quantitative estimate of drug-likeness (QED) is 0.535. The highest BCUT2D eigenvalue weighted by Gasteiger charge is 2.33. The third-order valence-electron chi connectivity index (χ3n) is 2.83. The minimum atomic E-state index is -1.95. The van der Waals surface area contributed by atoms with Gasteiger partial charge in [0.1, 0.15) is 16.9 Å². The van der Waals surface area contributed by atoms with Crippen LogP contribution in [0.1, 0.15) is 22.3 Å². The molecule has 0 saturated carbocycles. The largest absolute Gasteiger partial charge is 0.464 e. The van der Waals surface area contributed by atoms with E-state index in [4.69, 9.17) is 15.7 Å². The van der Waals surface area contributed by atoms with Crippen molar-refractivity contribution in [3.8, 4) is 0 Å². The standard InChI is InChI=1S/C14H17N3O3Si/c1-15-13(20-21(3,4)5)10-9-7-6-8-16-12(9)17-11(10)14(18)19-2/h6-8,13H,2-5H3,(H,16,17). The molecule has 2 rings (SSSR count). The number of aromatic nitrogens is 2. The van der Waals surface area contributed by atoms with Crippen LogP contribution in [0.4, 0.5) is 0 Å². The van der Waals surface area contributed by atoms with Crippen molar-refractivity contribution in [2.24, 2.45) is 0 Å². The topological polar surface area (TPSA) is 68.6 Å². The van der Waals surface area contributed by atoms with Gasteiger partial charge in [0.2, 0.25) is 0 Å². The predicted molar refractivity (Wildman–Crippen MR) is 81.2 cm³/mol. The molecule has 0 aliphatic carbocycles. The molecule has 7 heteroatoms. The second-order valence-electron chi connectivity index (χ2n) is 5.52. The minimum absolute atomic E-state index is 0.227. The first kappa shape index (κ1) is 15.2. The van der Waals surface area contributed by atoms with Crippen LogP contribution in [-0.2, 0) is 9.16 Å². The molecule has 1 N–H and O–H groups in total. The third-order valence-corrected chi connectivity index (χ3v) is 3.76. The highest BCUT2D eigenvalue weighted by molar-refractivity contribution is 6.69. The molecule has 0 aliphatic heterocycles. The SMILES string of the molecule is [C-]#[N+]C(O[Si](C)(C)C)c1c(C(=O)OC)[nH]c2ncccc12.